The standard InChI is InChI=1S/C24H23F2N5O3/c1-2-19-28-17-4-3-13-27-20(17)31(19)16-7-5-15(6-8-16)18(32)14-30-21(33)23(29-22(30)34)9-11-24(25,26)12-10-23/h3-8,13H,2,9-12,14H2,1H3,(H,29,34). The lowest BCUT2D eigenvalue weighted by Gasteiger charge is -2.34. The van der Waals surface area contributed by atoms with E-state index < -0.39 is 48.6 Å². The van der Waals surface area contributed by atoms with E-state index in [0.717, 1.165) is 21.9 Å². The maximum Gasteiger partial charge on any atom is 0.325 e. The van der Waals surface area contributed by atoms with E-state index in [-0.39, 0.29) is 12.8 Å². The van der Waals surface area contributed by atoms with Crippen LogP contribution in [0.4, 0.5) is 13.6 Å². The molecule has 3 heterocycles. The number of benzene rings is 1. The molecular formula is C24H23F2N5O3. The molecule has 2 aliphatic rings. The van der Waals surface area contributed by atoms with Crippen molar-refractivity contribution in [2.45, 2.75) is 50.5 Å². The number of pyridine rings is 1. The minimum Gasteiger partial charge on any atom is -0.323 e. The van der Waals surface area contributed by atoms with Gasteiger partial charge >= 0.3 is 6.03 Å². The minimum atomic E-state index is -2.84. The van der Waals surface area contributed by atoms with Crippen molar-refractivity contribution in [1.29, 1.82) is 0 Å². The van der Waals surface area contributed by atoms with Crippen LogP contribution < -0.4 is 5.32 Å². The Morgan fingerprint density at radius 1 is 1.09 bits per heavy atom. The molecule has 1 saturated heterocycles. The first-order valence-electron chi connectivity index (χ1n) is 11.2. The molecule has 1 aliphatic carbocycles. The van der Waals surface area contributed by atoms with Gasteiger partial charge in [0.15, 0.2) is 11.4 Å². The highest BCUT2D eigenvalue weighted by molar-refractivity contribution is 6.11. The van der Waals surface area contributed by atoms with E-state index in [1.807, 2.05) is 23.6 Å². The van der Waals surface area contributed by atoms with Crippen molar-refractivity contribution >= 4 is 28.9 Å². The number of hydrogen-bond acceptors (Lipinski definition) is 5. The monoisotopic (exact) mass is 467 g/mol. The summed E-state index contributed by atoms with van der Waals surface area (Å²) in [6, 6.07) is 9.76. The normalized spacial score (nSPS) is 19.1. The van der Waals surface area contributed by atoms with Gasteiger partial charge in [0.1, 0.15) is 16.9 Å². The van der Waals surface area contributed by atoms with Crippen LogP contribution in [0.3, 0.4) is 0 Å². The number of imide groups is 1. The number of imidazole rings is 1. The molecule has 3 aromatic rings. The predicted molar refractivity (Wildman–Crippen MR) is 119 cm³/mol. The van der Waals surface area contributed by atoms with Crippen LogP contribution in [-0.2, 0) is 11.2 Å². The molecule has 34 heavy (non-hydrogen) atoms. The number of alkyl halides is 2. The van der Waals surface area contributed by atoms with Crippen LogP contribution in [0.2, 0.25) is 0 Å². The van der Waals surface area contributed by atoms with Crippen LogP contribution in [0.1, 0.15) is 48.8 Å². The van der Waals surface area contributed by atoms with Gasteiger partial charge in [0.25, 0.3) is 5.91 Å². The molecule has 0 unspecified atom stereocenters. The SMILES string of the molecule is CCc1nc2cccnc2n1-c1ccc(C(=O)CN2C(=O)NC3(CCC(F)(F)CC3)C2=O)cc1. The number of hydrogen-bond donors (Lipinski definition) is 1. The number of carbonyl (C=O) groups excluding carboxylic acids is 3. The molecular weight excluding hydrogens is 444 g/mol. The highest BCUT2D eigenvalue weighted by atomic mass is 19.3. The van der Waals surface area contributed by atoms with Crippen LogP contribution in [0.5, 0.6) is 0 Å². The second-order valence-corrected chi connectivity index (χ2v) is 8.79. The number of halogens is 2. The number of ketones is 1. The van der Waals surface area contributed by atoms with Gasteiger partial charge in [-0.1, -0.05) is 6.92 Å². The summed E-state index contributed by atoms with van der Waals surface area (Å²) in [4.78, 5) is 48.1. The zero-order valence-corrected chi connectivity index (χ0v) is 18.6. The Hall–Kier alpha value is -3.69. The number of aromatic nitrogens is 3. The molecule has 1 saturated carbocycles. The Bertz CT molecular complexity index is 1290. The maximum atomic E-state index is 13.6. The zero-order chi connectivity index (χ0) is 24.1. The first kappa shape index (κ1) is 22.1. The van der Waals surface area contributed by atoms with Crippen molar-refractivity contribution in [2.24, 2.45) is 0 Å². The highest BCUT2D eigenvalue weighted by Gasteiger charge is 2.55. The number of rotatable bonds is 5. The molecule has 0 bridgehead atoms. The molecule has 2 fully saturated rings. The third kappa shape index (κ3) is 3.63. The van der Waals surface area contributed by atoms with Gasteiger partial charge in [-0.3, -0.25) is 19.1 Å². The number of nitrogens with one attached hydrogen (secondary N) is 1. The average Bonchev–Trinajstić information content (AvgIpc) is 3.32. The highest BCUT2D eigenvalue weighted by Crippen LogP contribution is 2.41. The van der Waals surface area contributed by atoms with Crippen LogP contribution >= 0.6 is 0 Å². The predicted octanol–water partition coefficient (Wildman–Crippen LogP) is 3.67. The van der Waals surface area contributed by atoms with E-state index >= 15 is 0 Å². The lowest BCUT2D eigenvalue weighted by atomic mass is 9.80. The fourth-order valence-electron chi connectivity index (χ4n) is 4.70. The summed E-state index contributed by atoms with van der Waals surface area (Å²) in [5.41, 5.74) is 1.26. The van der Waals surface area contributed by atoms with Crippen molar-refractivity contribution in [2.75, 3.05) is 6.54 Å². The number of aryl methyl sites for hydroxylation is 1. The Morgan fingerprint density at radius 2 is 1.79 bits per heavy atom. The minimum absolute atomic E-state index is 0.142. The van der Waals surface area contributed by atoms with Gasteiger partial charge in [-0.05, 0) is 49.2 Å². The smallest absolute Gasteiger partial charge is 0.323 e. The average molecular weight is 467 g/mol. The number of fused-ring (bicyclic) bond motifs is 1. The molecule has 1 aromatic carbocycles. The second-order valence-electron chi connectivity index (χ2n) is 8.79. The molecule has 8 nitrogen and oxygen atoms in total. The molecule has 0 atom stereocenters. The van der Waals surface area contributed by atoms with E-state index in [0.29, 0.717) is 17.6 Å². The molecule has 1 spiro atoms. The summed E-state index contributed by atoms with van der Waals surface area (Å²) in [7, 11) is 0. The van der Waals surface area contributed by atoms with Gasteiger partial charge in [-0.2, -0.15) is 0 Å². The van der Waals surface area contributed by atoms with Gasteiger partial charge in [0.05, 0.1) is 6.54 Å². The summed E-state index contributed by atoms with van der Waals surface area (Å²) >= 11 is 0. The van der Waals surface area contributed by atoms with Gasteiger partial charge in [-0.25, -0.2) is 23.5 Å². The second kappa shape index (κ2) is 7.96. The summed E-state index contributed by atoms with van der Waals surface area (Å²) in [5, 5.41) is 2.56. The molecule has 3 amide bonds. The largest absolute Gasteiger partial charge is 0.325 e. The molecule has 0 radical (unpaired) electrons. The van der Waals surface area contributed by atoms with Crippen LogP contribution in [0.15, 0.2) is 42.6 Å². The Morgan fingerprint density at radius 3 is 2.47 bits per heavy atom. The number of carbonyl (C=O) groups is 3. The topological polar surface area (TPSA) is 97.2 Å². The van der Waals surface area contributed by atoms with Crippen LogP contribution in [-0.4, -0.2) is 55.2 Å². The van der Waals surface area contributed by atoms with E-state index in [1.165, 1.54) is 0 Å². The lowest BCUT2D eigenvalue weighted by Crippen LogP contribution is -2.51. The molecule has 5 rings (SSSR count). The summed E-state index contributed by atoms with van der Waals surface area (Å²) in [6.07, 6.45) is 1.15. The van der Waals surface area contributed by atoms with E-state index in [4.69, 9.17) is 0 Å². The third-order valence-corrected chi connectivity index (χ3v) is 6.63. The molecule has 176 valence electrons. The Balaban J connectivity index is 1.34. The summed E-state index contributed by atoms with van der Waals surface area (Å²) in [5.74, 6) is -3.04. The van der Waals surface area contributed by atoms with Crippen LogP contribution in [0, 0.1) is 0 Å². The van der Waals surface area contributed by atoms with Gasteiger partial charge in [-0.15, -0.1) is 0 Å². The first-order valence-corrected chi connectivity index (χ1v) is 11.2. The molecule has 1 N–H and O–H groups in total. The number of amides is 3. The quantitative estimate of drug-likeness (QED) is 0.456. The van der Waals surface area contributed by atoms with Crippen LogP contribution in [0.25, 0.3) is 16.9 Å². The number of urea groups is 1. The van der Waals surface area contributed by atoms with Gasteiger partial charge in [0, 0.05) is 36.7 Å². The Labute approximate surface area is 194 Å². The lowest BCUT2D eigenvalue weighted by molar-refractivity contribution is -0.135. The third-order valence-electron chi connectivity index (χ3n) is 6.63. The summed E-state index contributed by atoms with van der Waals surface area (Å²) in [6.45, 7) is 1.55. The molecule has 10 heteroatoms. The number of Topliss-reactive ketones (excluding diaryl/α,β-unsaturated/α-hetero) is 1. The zero-order valence-electron chi connectivity index (χ0n) is 18.6. The van der Waals surface area contributed by atoms with E-state index in [1.54, 1.807) is 30.5 Å². The molecule has 1 aliphatic heterocycles. The van der Waals surface area contributed by atoms with Gasteiger partial charge in [0.2, 0.25) is 5.92 Å². The van der Waals surface area contributed by atoms with Crippen molar-refractivity contribution in [3.63, 3.8) is 0 Å². The molecule has 2 aromatic heterocycles. The number of nitrogens with zero attached hydrogens (tertiary/aromatic N) is 4. The van der Waals surface area contributed by atoms with E-state index in [9.17, 15) is 23.2 Å². The van der Waals surface area contributed by atoms with Crippen molar-refractivity contribution in [3.8, 4) is 5.69 Å². The Kier molecular flexibility index (Phi) is 5.18. The fourth-order valence-corrected chi connectivity index (χ4v) is 4.70. The van der Waals surface area contributed by atoms with E-state index in [2.05, 4.69) is 15.3 Å². The van der Waals surface area contributed by atoms with Crippen molar-refractivity contribution < 1.29 is 23.2 Å². The first-order chi connectivity index (χ1) is 16.2. The maximum absolute atomic E-state index is 13.6. The van der Waals surface area contributed by atoms with Crippen molar-refractivity contribution in [3.05, 3.63) is 54.0 Å². The fraction of sp³-hybridized carbons (Fsp3) is 0.375. The van der Waals surface area contributed by atoms with Crippen molar-refractivity contribution in [1.82, 2.24) is 24.8 Å². The van der Waals surface area contributed by atoms with Gasteiger partial charge < -0.3 is 5.32 Å². The summed E-state index contributed by atoms with van der Waals surface area (Å²) < 4.78 is 29.0.